The standard InChI is InChI=1S/C29H24N6O3S2/c1-16-3-2-4-20(13-16)34-29(38)33-19-8-5-17(6-9-19)21-15-40-25-18(14-32-27(30)24(21)25)7-10-23(36)35-22-11-12-39-26(22)28(31)37/h2-15H,1H3,(H2,30,32)(H2,31,37)(H,35,36)(H2,33,34,38)/b10-7+. The lowest BCUT2D eigenvalue weighted by atomic mass is 10.0. The van der Waals surface area contributed by atoms with Crippen molar-refractivity contribution in [1.82, 2.24) is 4.98 Å². The summed E-state index contributed by atoms with van der Waals surface area (Å²) in [5, 5.41) is 12.8. The number of anilines is 4. The van der Waals surface area contributed by atoms with Crippen molar-refractivity contribution < 1.29 is 14.4 Å². The van der Waals surface area contributed by atoms with E-state index < -0.39 is 11.8 Å². The minimum absolute atomic E-state index is 0.286. The Hall–Kier alpha value is -5.00. The third-order valence-corrected chi connectivity index (χ3v) is 7.90. The van der Waals surface area contributed by atoms with E-state index in [-0.39, 0.29) is 10.9 Å². The number of fused-ring (bicyclic) bond motifs is 1. The van der Waals surface area contributed by atoms with Crippen LogP contribution in [0, 0.1) is 6.92 Å². The zero-order valence-corrected chi connectivity index (χ0v) is 22.9. The van der Waals surface area contributed by atoms with Gasteiger partial charge in [0.2, 0.25) is 5.91 Å². The summed E-state index contributed by atoms with van der Waals surface area (Å²) in [7, 11) is 0. The number of nitrogens with one attached hydrogen (secondary N) is 3. The number of primary amides is 1. The summed E-state index contributed by atoms with van der Waals surface area (Å²) in [6.45, 7) is 1.96. The fraction of sp³-hybridized carbons (Fsp3) is 0.0345. The number of carbonyl (C=O) groups excluding carboxylic acids is 3. The second-order valence-corrected chi connectivity index (χ2v) is 10.6. The summed E-state index contributed by atoms with van der Waals surface area (Å²) < 4.78 is 0.875. The number of rotatable bonds is 7. The third-order valence-electron chi connectivity index (χ3n) is 5.94. The van der Waals surface area contributed by atoms with Crippen LogP contribution in [0.25, 0.3) is 27.3 Å². The Morgan fingerprint density at radius 1 is 0.950 bits per heavy atom. The van der Waals surface area contributed by atoms with Gasteiger partial charge in [-0.1, -0.05) is 24.3 Å². The Morgan fingerprint density at radius 3 is 2.48 bits per heavy atom. The van der Waals surface area contributed by atoms with E-state index in [1.807, 2.05) is 60.8 Å². The Bertz CT molecular complexity index is 1770. The van der Waals surface area contributed by atoms with Crippen molar-refractivity contribution in [2.75, 3.05) is 21.7 Å². The van der Waals surface area contributed by atoms with E-state index >= 15 is 0 Å². The molecule has 0 aliphatic heterocycles. The average molecular weight is 569 g/mol. The number of carbonyl (C=O) groups is 3. The van der Waals surface area contributed by atoms with Gasteiger partial charge in [-0.3, -0.25) is 9.59 Å². The minimum Gasteiger partial charge on any atom is -0.383 e. The first-order chi connectivity index (χ1) is 19.3. The van der Waals surface area contributed by atoms with Gasteiger partial charge in [-0.05, 0) is 65.2 Å². The van der Waals surface area contributed by atoms with Crippen molar-refractivity contribution in [3.8, 4) is 11.1 Å². The van der Waals surface area contributed by atoms with Crippen molar-refractivity contribution in [3.05, 3.63) is 93.6 Å². The number of hydrogen-bond acceptors (Lipinski definition) is 7. The predicted octanol–water partition coefficient (Wildman–Crippen LogP) is 6.31. The Morgan fingerprint density at radius 2 is 1.73 bits per heavy atom. The molecule has 0 saturated heterocycles. The molecule has 0 radical (unpaired) electrons. The molecular formula is C29H24N6O3S2. The zero-order valence-electron chi connectivity index (χ0n) is 21.2. The second kappa shape index (κ2) is 11.4. The lowest BCUT2D eigenvalue weighted by molar-refractivity contribution is -0.111. The van der Waals surface area contributed by atoms with Gasteiger partial charge in [-0.25, -0.2) is 9.78 Å². The molecule has 11 heteroatoms. The average Bonchev–Trinajstić information content (AvgIpc) is 3.57. The quantitative estimate of drug-likeness (QED) is 0.146. The molecule has 0 saturated carbocycles. The number of nitrogens with zero attached hydrogens (tertiary/aromatic N) is 1. The maximum atomic E-state index is 12.5. The summed E-state index contributed by atoms with van der Waals surface area (Å²) >= 11 is 2.65. The third kappa shape index (κ3) is 5.85. The molecule has 0 bridgehead atoms. The van der Waals surface area contributed by atoms with Crippen LogP contribution in [0.4, 0.5) is 27.7 Å². The second-order valence-electron chi connectivity index (χ2n) is 8.83. The van der Waals surface area contributed by atoms with E-state index in [1.165, 1.54) is 17.4 Å². The zero-order chi connectivity index (χ0) is 28.2. The van der Waals surface area contributed by atoms with Crippen LogP contribution in [0.15, 0.2) is 77.6 Å². The number of amides is 4. The Labute approximate surface area is 237 Å². The largest absolute Gasteiger partial charge is 0.383 e. The first kappa shape index (κ1) is 26.6. The van der Waals surface area contributed by atoms with Crippen LogP contribution in [0.5, 0.6) is 0 Å². The fourth-order valence-electron chi connectivity index (χ4n) is 4.11. The molecule has 0 fully saturated rings. The van der Waals surface area contributed by atoms with E-state index in [0.717, 1.165) is 43.7 Å². The molecule has 40 heavy (non-hydrogen) atoms. The number of aromatic nitrogens is 1. The normalized spacial score (nSPS) is 11.0. The lowest BCUT2D eigenvalue weighted by Crippen LogP contribution is -2.19. The molecule has 0 unspecified atom stereocenters. The fourth-order valence-corrected chi connectivity index (χ4v) is 5.89. The molecule has 9 nitrogen and oxygen atoms in total. The molecule has 3 heterocycles. The maximum absolute atomic E-state index is 12.5. The molecule has 0 atom stereocenters. The topological polar surface area (TPSA) is 152 Å². The number of urea groups is 1. The maximum Gasteiger partial charge on any atom is 0.323 e. The van der Waals surface area contributed by atoms with E-state index in [4.69, 9.17) is 11.5 Å². The number of nitrogens with two attached hydrogens (primary N) is 2. The van der Waals surface area contributed by atoms with Gasteiger partial charge in [0.25, 0.3) is 5.91 Å². The summed E-state index contributed by atoms with van der Waals surface area (Å²) in [5.74, 6) is -0.631. The highest BCUT2D eigenvalue weighted by molar-refractivity contribution is 7.18. The number of aryl methyl sites for hydroxylation is 1. The molecule has 0 aliphatic carbocycles. The Kier molecular flexibility index (Phi) is 7.58. The van der Waals surface area contributed by atoms with Gasteiger partial charge in [0.05, 0.1) is 5.69 Å². The van der Waals surface area contributed by atoms with Crippen LogP contribution in [0.3, 0.4) is 0 Å². The molecule has 3 aromatic heterocycles. The highest BCUT2D eigenvalue weighted by Gasteiger charge is 2.15. The summed E-state index contributed by atoms with van der Waals surface area (Å²) in [6.07, 6.45) is 4.64. The monoisotopic (exact) mass is 568 g/mol. The number of pyridine rings is 1. The molecule has 7 N–H and O–H groups in total. The summed E-state index contributed by atoms with van der Waals surface area (Å²) in [4.78, 5) is 41.0. The SMILES string of the molecule is Cc1cccc(NC(=O)Nc2ccc(-c3csc4c(/C=C/C(=O)Nc5ccsc5C(N)=O)cnc(N)c34)cc2)c1. The van der Waals surface area contributed by atoms with E-state index in [0.29, 0.717) is 22.9 Å². The summed E-state index contributed by atoms with van der Waals surface area (Å²) in [6, 6.07) is 16.3. The van der Waals surface area contributed by atoms with Crippen LogP contribution in [0.2, 0.25) is 0 Å². The van der Waals surface area contributed by atoms with Crippen LogP contribution in [-0.2, 0) is 4.79 Å². The van der Waals surface area contributed by atoms with Crippen LogP contribution < -0.4 is 27.4 Å². The highest BCUT2D eigenvalue weighted by Crippen LogP contribution is 2.39. The van der Waals surface area contributed by atoms with Crippen molar-refractivity contribution in [1.29, 1.82) is 0 Å². The van der Waals surface area contributed by atoms with Crippen LogP contribution in [-0.4, -0.2) is 22.8 Å². The van der Waals surface area contributed by atoms with Crippen molar-refractivity contribution in [2.24, 2.45) is 5.73 Å². The summed E-state index contributed by atoms with van der Waals surface area (Å²) in [5.41, 5.74) is 16.9. The van der Waals surface area contributed by atoms with Crippen molar-refractivity contribution in [3.63, 3.8) is 0 Å². The van der Waals surface area contributed by atoms with E-state index in [1.54, 1.807) is 23.7 Å². The number of hydrogen-bond donors (Lipinski definition) is 5. The molecule has 5 rings (SSSR count). The Balaban J connectivity index is 1.32. The first-order valence-electron chi connectivity index (χ1n) is 12.1. The van der Waals surface area contributed by atoms with Gasteiger partial charge in [0.15, 0.2) is 0 Å². The highest BCUT2D eigenvalue weighted by atomic mass is 32.1. The molecular weight excluding hydrogens is 544 g/mol. The number of nitrogen functional groups attached to an aromatic ring is 1. The van der Waals surface area contributed by atoms with Crippen molar-refractivity contribution in [2.45, 2.75) is 6.92 Å². The molecule has 200 valence electrons. The minimum atomic E-state index is -0.598. The van der Waals surface area contributed by atoms with Gasteiger partial charge in [0, 0.05) is 44.9 Å². The molecule has 0 aliphatic rings. The van der Waals surface area contributed by atoms with Gasteiger partial charge in [-0.15, -0.1) is 22.7 Å². The molecule has 2 aromatic carbocycles. The number of thiophene rings is 2. The molecule has 0 spiro atoms. The molecule has 4 amide bonds. The van der Waals surface area contributed by atoms with Gasteiger partial charge < -0.3 is 27.4 Å². The van der Waals surface area contributed by atoms with E-state index in [2.05, 4.69) is 20.9 Å². The van der Waals surface area contributed by atoms with Crippen LogP contribution >= 0.6 is 22.7 Å². The van der Waals surface area contributed by atoms with Gasteiger partial charge >= 0.3 is 6.03 Å². The number of benzene rings is 2. The first-order valence-corrected chi connectivity index (χ1v) is 13.8. The smallest absolute Gasteiger partial charge is 0.323 e. The molecule has 5 aromatic rings. The van der Waals surface area contributed by atoms with Gasteiger partial charge in [0.1, 0.15) is 10.7 Å². The van der Waals surface area contributed by atoms with Crippen molar-refractivity contribution >= 4 is 79.6 Å². The lowest BCUT2D eigenvalue weighted by Gasteiger charge is -2.09. The van der Waals surface area contributed by atoms with E-state index in [9.17, 15) is 14.4 Å². The van der Waals surface area contributed by atoms with Gasteiger partial charge in [-0.2, -0.15) is 0 Å². The van der Waals surface area contributed by atoms with Crippen LogP contribution in [0.1, 0.15) is 20.8 Å². The predicted molar refractivity (Wildman–Crippen MR) is 164 cm³/mol.